The lowest BCUT2D eigenvalue weighted by Crippen LogP contribution is -2.44. The maximum absolute atomic E-state index is 9.33. The molecule has 1 N–H and O–H groups in total. The summed E-state index contributed by atoms with van der Waals surface area (Å²) >= 11 is 0. The Morgan fingerprint density at radius 3 is 2.20 bits per heavy atom. The van der Waals surface area contributed by atoms with E-state index in [4.69, 9.17) is 18.3 Å². The van der Waals surface area contributed by atoms with Gasteiger partial charge in [-0.25, -0.2) is 0 Å². The van der Waals surface area contributed by atoms with Crippen LogP contribution in [0.25, 0.3) is 0 Å². The quantitative estimate of drug-likeness (QED) is 0.302. The zero-order valence-electron chi connectivity index (χ0n) is 12.9. The van der Waals surface area contributed by atoms with E-state index in [-0.39, 0.29) is 6.23 Å². The van der Waals surface area contributed by atoms with Gasteiger partial charge >= 0.3 is 8.56 Å². The van der Waals surface area contributed by atoms with Crippen molar-refractivity contribution in [1.82, 2.24) is 0 Å². The second-order valence-corrected chi connectivity index (χ2v) is 8.83. The normalized spacial score (nSPS) is 18.4. The van der Waals surface area contributed by atoms with Crippen molar-refractivity contribution in [2.24, 2.45) is 0 Å². The first kappa shape index (κ1) is 18.1. The summed E-state index contributed by atoms with van der Waals surface area (Å²) in [6.45, 7) is 2.50. The van der Waals surface area contributed by atoms with Crippen LogP contribution in [-0.2, 0) is 18.3 Å². The molecule has 0 aromatic carbocycles. The number of hydrogen-bond donors (Lipinski definition) is 1. The van der Waals surface area contributed by atoms with Crippen molar-refractivity contribution >= 4 is 8.56 Å². The summed E-state index contributed by atoms with van der Waals surface area (Å²) in [5.74, 6) is 0. The van der Waals surface area contributed by atoms with Gasteiger partial charge in [-0.05, 0) is 12.5 Å². The van der Waals surface area contributed by atoms with E-state index in [0.29, 0.717) is 6.10 Å². The Morgan fingerprint density at radius 1 is 1.05 bits per heavy atom. The van der Waals surface area contributed by atoms with Crippen molar-refractivity contribution in [1.29, 1.82) is 0 Å². The number of ether oxygens (including phenoxy) is 2. The second kappa shape index (κ2) is 10.7. The summed E-state index contributed by atoms with van der Waals surface area (Å²) in [5, 5.41) is 9.33. The second-order valence-electron chi connectivity index (χ2n) is 5.38. The first-order valence-electron chi connectivity index (χ1n) is 7.67. The molecule has 1 rings (SSSR count). The molecule has 0 bridgehead atoms. The van der Waals surface area contributed by atoms with Crippen molar-refractivity contribution in [2.45, 2.75) is 50.7 Å². The highest BCUT2D eigenvalue weighted by molar-refractivity contribution is 6.67. The molecule has 0 aromatic heterocycles. The Kier molecular flexibility index (Phi) is 9.67. The number of hydrogen-bond acceptors (Lipinski definition) is 5. The van der Waals surface area contributed by atoms with Crippen LogP contribution in [0.3, 0.4) is 0 Å². The zero-order valence-corrected chi connectivity index (χ0v) is 13.9. The number of rotatable bonds is 14. The molecule has 1 atom stereocenters. The van der Waals surface area contributed by atoms with Crippen LogP contribution >= 0.6 is 0 Å². The molecule has 0 aliphatic carbocycles. The molecule has 6 heteroatoms. The van der Waals surface area contributed by atoms with E-state index >= 15 is 0 Å². The van der Waals surface area contributed by atoms with Gasteiger partial charge < -0.3 is 23.4 Å². The number of epoxide rings is 1. The molecule has 0 amide bonds. The summed E-state index contributed by atoms with van der Waals surface area (Å²) in [6, 6.07) is 0.876. The van der Waals surface area contributed by atoms with Crippen LogP contribution in [-0.4, -0.2) is 60.0 Å². The third kappa shape index (κ3) is 7.71. The molecule has 0 saturated carbocycles. The van der Waals surface area contributed by atoms with Crippen LogP contribution in [0.15, 0.2) is 0 Å². The monoisotopic (exact) mass is 306 g/mol. The Balaban J connectivity index is 1.83. The SMILES string of the molecule is CO[Si](CO)(CCCCCCCCOCC1CO1)OC. The maximum atomic E-state index is 9.33. The molecular weight excluding hydrogens is 276 g/mol. The van der Waals surface area contributed by atoms with Gasteiger partial charge in [-0.2, -0.15) is 0 Å². The molecule has 20 heavy (non-hydrogen) atoms. The molecule has 0 spiro atoms. The molecule has 0 aromatic rings. The average molecular weight is 306 g/mol. The summed E-state index contributed by atoms with van der Waals surface area (Å²) in [5.41, 5.74) is 0. The van der Waals surface area contributed by atoms with E-state index in [2.05, 4.69) is 0 Å². The summed E-state index contributed by atoms with van der Waals surface area (Å²) < 4.78 is 21.3. The third-order valence-electron chi connectivity index (χ3n) is 3.79. The molecule has 120 valence electrons. The smallest absolute Gasteiger partial charge is 0.363 e. The topological polar surface area (TPSA) is 60.5 Å². The maximum Gasteiger partial charge on any atom is 0.363 e. The Bertz CT molecular complexity index is 223. The molecule has 1 aliphatic heterocycles. The lowest BCUT2D eigenvalue weighted by atomic mass is 10.1. The Labute approximate surface area is 123 Å². The zero-order chi connectivity index (χ0) is 14.7. The highest BCUT2D eigenvalue weighted by Crippen LogP contribution is 2.17. The van der Waals surface area contributed by atoms with Crippen LogP contribution < -0.4 is 0 Å². The minimum absolute atomic E-state index is 0.0437. The summed E-state index contributed by atoms with van der Waals surface area (Å²) in [7, 11) is 0.990. The first-order valence-corrected chi connectivity index (χ1v) is 9.90. The Hall–Kier alpha value is 0.0169. The van der Waals surface area contributed by atoms with E-state index in [0.717, 1.165) is 38.7 Å². The highest BCUT2D eigenvalue weighted by Gasteiger charge is 2.33. The standard InChI is InChI=1S/C14H30O5Si/c1-16-20(13-15,17-2)10-8-6-4-3-5-7-9-18-11-14-12-19-14/h14-15H,3-13H2,1-2H3. The lowest BCUT2D eigenvalue weighted by Gasteiger charge is -2.24. The fourth-order valence-corrected chi connectivity index (χ4v) is 3.96. The predicted octanol–water partition coefficient (Wildman–Crippen LogP) is 2.01. The fourth-order valence-electron chi connectivity index (χ4n) is 2.18. The van der Waals surface area contributed by atoms with Gasteiger partial charge in [0.15, 0.2) is 0 Å². The summed E-state index contributed by atoms with van der Waals surface area (Å²) in [6.07, 6.45) is 7.52. The van der Waals surface area contributed by atoms with Crippen LogP contribution in [0.1, 0.15) is 38.5 Å². The van der Waals surface area contributed by atoms with Crippen LogP contribution in [0.2, 0.25) is 6.04 Å². The van der Waals surface area contributed by atoms with Crippen molar-refractivity contribution in [3.05, 3.63) is 0 Å². The average Bonchev–Trinajstić information content (AvgIpc) is 3.30. The van der Waals surface area contributed by atoms with Gasteiger partial charge in [-0.15, -0.1) is 0 Å². The third-order valence-corrected chi connectivity index (χ3v) is 6.87. The molecule has 1 heterocycles. The molecule has 5 nitrogen and oxygen atoms in total. The van der Waals surface area contributed by atoms with E-state index < -0.39 is 8.56 Å². The number of unbranched alkanes of at least 4 members (excludes halogenated alkanes) is 5. The van der Waals surface area contributed by atoms with Crippen molar-refractivity contribution < 1.29 is 23.4 Å². The minimum atomic E-state index is -2.28. The van der Waals surface area contributed by atoms with Gasteiger partial charge in [0, 0.05) is 20.8 Å². The lowest BCUT2D eigenvalue weighted by molar-refractivity contribution is 0.113. The first-order chi connectivity index (χ1) is 9.76. The van der Waals surface area contributed by atoms with Crippen LogP contribution in [0.4, 0.5) is 0 Å². The van der Waals surface area contributed by atoms with E-state index in [1.807, 2.05) is 0 Å². The van der Waals surface area contributed by atoms with E-state index in [1.54, 1.807) is 14.2 Å². The molecule has 0 radical (unpaired) electrons. The summed E-state index contributed by atoms with van der Waals surface area (Å²) in [4.78, 5) is 0. The van der Waals surface area contributed by atoms with Gasteiger partial charge in [0.05, 0.1) is 19.4 Å². The van der Waals surface area contributed by atoms with Gasteiger partial charge in [0.25, 0.3) is 0 Å². The van der Waals surface area contributed by atoms with E-state index in [9.17, 15) is 5.11 Å². The van der Waals surface area contributed by atoms with Crippen molar-refractivity contribution in [3.63, 3.8) is 0 Å². The van der Waals surface area contributed by atoms with Gasteiger partial charge in [-0.1, -0.05) is 32.1 Å². The minimum Gasteiger partial charge on any atom is -0.396 e. The number of aliphatic hydroxyl groups is 1. The molecular formula is C14H30O5Si. The molecule has 1 unspecified atom stereocenters. The van der Waals surface area contributed by atoms with Crippen molar-refractivity contribution in [2.75, 3.05) is 40.3 Å². The molecule has 1 fully saturated rings. The largest absolute Gasteiger partial charge is 0.396 e. The molecule has 1 aliphatic rings. The predicted molar refractivity (Wildman–Crippen MR) is 79.9 cm³/mol. The molecule has 1 saturated heterocycles. The van der Waals surface area contributed by atoms with E-state index in [1.165, 1.54) is 25.7 Å². The van der Waals surface area contributed by atoms with Crippen LogP contribution in [0, 0.1) is 0 Å². The highest BCUT2D eigenvalue weighted by atomic mass is 28.4. The van der Waals surface area contributed by atoms with Crippen molar-refractivity contribution in [3.8, 4) is 0 Å². The number of aliphatic hydroxyl groups excluding tert-OH is 1. The van der Waals surface area contributed by atoms with Gasteiger partial charge in [0.1, 0.15) is 6.10 Å². The van der Waals surface area contributed by atoms with Gasteiger partial charge in [-0.3, -0.25) is 0 Å². The fraction of sp³-hybridized carbons (Fsp3) is 1.00. The van der Waals surface area contributed by atoms with Crippen LogP contribution in [0.5, 0.6) is 0 Å². The Morgan fingerprint density at radius 2 is 1.65 bits per heavy atom. The van der Waals surface area contributed by atoms with Gasteiger partial charge in [0.2, 0.25) is 0 Å².